The van der Waals surface area contributed by atoms with E-state index in [1.54, 1.807) is 0 Å². The van der Waals surface area contributed by atoms with E-state index in [-0.39, 0.29) is 0 Å². The van der Waals surface area contributed by atoms with Gasteiger partial charge < -0.3 is 4.57 Å². The molecule has 260 valence electrons. The first-order chi connectivity index (χ1) is 27.7. The van der Waals surface area contributed by atoms with Crippen LogP contribution in [0.4, 0.5) is 0 Å². The van der Waals surface area contributed by atoms with E-state index in [4.69, 9.17) is 9.97 Å². The summed E-state index contributed by atoms with van der Waals surface area (Å²) >= 11 is 0. The van der Waals surface area contributed by atoms with Crippen molar-refractivity contribution < 1.29 is 0 Å². The lowest BCUT2D eigenvalue weighted by molar-refractivity contribution is 1.08. The number of rotatable bonds is 4. The van der Waals surface area contributed by atoms with Gasteiger partial charge in [0.25, 0.3) is 0 Å². The first kappa shape index (κ1) is 30.9. The van der Waals surface area contributed by atoms with E-state index >= 15 is 0 Å². The van der Waals surface area contributed by atoms with Gasteiger partial charge in [-0.05, 0) is 99.4 Å². The van der Waals surface area contributed by atoms with Crippen LogP contribution < -0.4 is 0 Å². The largest absolute Gasteiger partial charge is 0.309 e. The van der Waals surface area contributed by atoms with Crippen molar-refractivity contribution in [1.82, 2.24) is 19.1 Å². The molecule has 0 aliphatic carbocycles. The third-order valence-corrected chi connectivity index (χ3v) is 11.5. The lowest BCUT2D eigenvalue weighted by atomic mass is 10.0. The number of para-hydroxylation sites is 2. The molecular weight excluding hydrogens is 681 g/mol. The highest BCUT2D eigenvalue weighted by molar-refractivity contribution is 6.15. The van der Waals surface area contributed by atoms with Gasteiger partial charge in [0, 0.05) is 38.2 Å². The molecule has 0 amide bonds. The maximum atomic E-state index is 5.53. The van der Waals surface area contributed by atoms with Gasteiger partial charge in [-0.15, -0.1) is 0 Å². The predicted molar refractivity (Wildman–Crippen MR) is 234 cm³/mol. The van der Waals surface area contributed by atoms with Gasteiger partial charge in [-0.2, -0.15) is 0 Å². The Bertz CT molecular complexity index is 3540. The number of benzene rings is 9. The Kier molecular flexibility index (Phi) is 6.60. The minimum absolute atomic E-state index is 0.689. The summed E-state index contributed by atoms with van der Waals surface area (Å²) in [6.07, 6.45) is 0. The second kappa shape index (κ2) is 12.0. The van der Waals surface area contributed by atoms with Crippen molar-refractivity contribution in [3.05, 3.63) is 194 Å². The zero-order valence-electron chi connectivity index (χ0n) is 30.3. The van der Waals surface area contributed by atoms with Crippen LogP contribution in [0.5, 0.6) is 0 Å². The molecule has 12 rings (SSSR count). The van der Waals surface area contributed by atoms with E-state index in [9.17, 15) is 0 Å². The summed E-state index contributed by atoms with van der Waals surface area (Å²) in [5.74, 6) is 1.55. The highest BCUT2D eigenvalue weighted by Gasteiger charge is 2.20. The van der Waals surface area contributed by atoms with Crippen LogP contribution >= 0.6 is 0 Å². The molecule has 4 nitrogen and oxygen atoms in total. The molecule has 0 spiro atoms. The molecule has 0 bridgehead atoms. The quantitative estimate of drug-likeness (QED) is 0.182. The molecule has 3 aromatic heterocycles. The van der Waals surface area contributed by atoms with Gasteiger partial charge in [-0.3, -0.25) is 4.57 Å². The topological polar surface area (TPSA) is 35.6 Å². The average molecular weight is 713 g/mol. The fraction of sp³-hybridized carbons (Fsp3) is 0. The summed E-state index contributed by atoms with van der Waals surface area (Å²) in [6, 6.07) is 69.7. The van der Waals surface area contributed by atoms with Crippen LogP contribution in [0.15, 0.2) is 194 Å². The van der Waals surface area contributed by atoms with Gasteiger partial charge in [0.05, 0.1) is 27.6 Å². The fourth-order valence-electron chi connectivity index (χ4n) is 8.81. The van der Waals surface area contributed by atoms with Crippen LogP contribution in [-0.2, 0) is 0 Å². The summed E-state index contributed by atoms with van der Waals surface area (Å²) < 4.78 is 4.72. The predicted octanol–water partition coefficient (Wildman–Crippen LogP) is 13.5. The molecule has 0 saturated heterocycles. The Balaban J connectivity index is 1.13. The summed E-state index contributed by atoms with van der Waals surface area (Å²) in [4.78, 5) is 10.9. The summed E-state index contributed by atoms with van der Waals surface area (Å²) in [5, 5.41) is 10.6. The van der Waals surface area contributed by atoms with E-state index < -0.39 is 0 Å². The number of fused-ring (bicyclic) bond motifs is 9. The van der Waals surface area contributed by atoms with Gasteiger partial charge in [-0.1, -0.05) is 127 Å². The molecule has 0 aliphatic heterocycles. The Morgan fingerprint density at radius 2 is 0.911 bits per heavy atom. The monoisotopic (exact) mass is 712 g/mol. The van der Waals surface area contributed by atoms with E-state index in [0.29, 0.717) is 5.82 Å². The molecule has 0 atom stereocenters. The summed E-state index contributed by atoms with van der Waals surface area (Å²) in [7, 11) is 0. The molecule has 12 aromatic rings. The van der Waals surface area contributed by atoms with E-state index in [0.717, 1.165) is 61.0 Å². The number of aromatic nitrogens is 4. The number of nitrogens with zero attached hydrogens (tertiary/aromatic N) is 4. The molecule has 0 unspecified atom stereocenters. The molecule has 3 heterocycles. The molecule has 0 radical (unpaired) electrons. The maximum Gasteiger partial charge on any atom is 0.162 e. The maximum absolute atomic E-state index is 5.53. The lowest BCUT2D eigenvalue weighted by Gasteiger charge is -2.14. The van der Waals surface area contributed by atoms with Crippen molar-refractivity contribution in [1.29, 1.82) is 0 Å². The van der Waals surface area contributed by atoms with Crippen LogP contribution in [0.1, 0.15) is 0 Å². The van der Waals surface area contributed by atoms with Crippen molar-refractivity contribution in [2.24, 2.45) is 0 Å². The van der Waals surface area contributed by atoms with Gasteiger partial charge in [0.1, 0.15) is 5.82 Å². The normalized spacial score (nSPS) is 11.9. The molecular formula is C52H32N4. The van der Waals surface area contributed by atoms with Crippen molar-refractivity contribution in [3.8, 4) is 34.0 Å². The van der Waals surface area contributed by atoms with Gasteiger partial charge in [-0.25, -0.2) is 9.97 Å². The Morgan fingerprint density at radius 3 is 1.70 bits per heavy atom. The van der Waals surface area contributed by atoms with Gasteiger partial charge >= 0.3 is 0 Å². The second-order valence-electron chi connectivity index (χ2n) is 14.7. The Hall–Kier alpha value is -7.56. The first-order valence-corrected chi connectivity index (χ1v) is 19.1. The van der Waals surface area contributed by atoms with Crippen molar-refractivity contribution in [2.75, 3.05) is 0 Å². The molecule has 9 aromatic carbocycles. The molecule has 4 heteroatoms. The standard InChI is InChI=1S/C52H32N4/c1-2-12-33(13-3-1)38-23-26-43-46(31-38)53-51(54-52(43)56-48-21-11-9-19-42(48)45-29-36-16-6-7-17-37(36)32-50(45)56)39-24-27-49-44(30-39)41-18-8-10-20-47(41)55(49)40-25-22-34-14-4-5-15-35(34)28-40/h1-32H. The van der Waals surface area contributed by atoms with E-state index in [1.807, 2.05) is 0 Å². The average Bonchev–Trinajstić information content (AvgIpc) is 3.77. The van der Waals surface area contributed by atoms with Gasteiger partial charge in [0.15, 0.2) is 5.82 Å². The minimum Gasteiger partial charge on any atom is -0.309 e. The Labute approximate surface area is 322 Å². The smallest absolute Gasteiger partial charge is 0.162 e. The molecule has 0 saturated carbocycles. The third-order valence-electron chi connectivity index (χ3n) is 11.5. The fourth-order valence-corrected chi connectivity index (χ4v) is 8.81. The molecule has 0 N–H and O–H groups in total. The third kappa shape index (κ3) is 4.66. The molecule has 0 fully saturated rings. The molecule has 0 aliphatic rings. The number of hydrogen-bond donors (Lipinski definition) is 0. The summed E-state index contributed by atoms with van der Waals surface area (Å²) in [6.45, 7) is 0. The summed E-state index contributed by atoms with van der Waals surface area (Å²) in [5.41, 5.74) is 9.83. The van der Waals surface area contributed by atoms with Crippen LogP contribution in [0.25, 0.3) is 110 Å². The van der Waals surface area contributed by atoms with Gasteiger partial charge in [0.2, 0.25) is 0 Å². The van der Waals surface area contributed by atoms with Crippen LogP contribution in [0.3, 0.4) is 0 Å². The van der Waals surface area contributed by atoms with Crippen LogP contribution in [0, 0.1) is 0 Å². The highest BCUT2D eigenvalue weighted by Crippen LogP contribution is 2.39. The first-order valence-electron chi connectivity index (χ1n) is 19.1. The SMILES string of the molecule is c1ccc(-c2ccc3c(-n4c5ccccc5c5cc6ccccc6cc54)nc(-c4ccc5c(c4)c4ccccc4n5-c4ccc5ccccc5c4)nc3c2)cc1. The molecule has 56 heavy (non-hydrogen) atoms. The van der Waals surface area contributed by atoms with Crippen molar-refractivity contribution >= 4 is 76.1 Å². The van der Waals surface area contributed by atoms with Crippen LogP contribution in [-0.4, -0.2) is 19.1 Å². The van der Waals surface area contributed by atoms with E-state index in [1.165, 1.54) is 43.2 Å². The van der Waals surface area contributed by atoms with Crippen LogP contribution in [0.2, 0.25) is 0 Å². The zero-order chi connectivity index (χ0) is 36.7. The minimum atomic E-state index is 0.689. The van der Waals surface area contributed by atoms with Crippen molar-refractivity contribution in [2.45, 2.75) is 0 Å². The van der Waals surface area contributed by atoms with E-state index in [2.05, 4.69) is 203 Å². The Morgan fingerprint density at radius 1 is 0.304 bits per heavy atom. The zero-order valence-corrected chi connectivity index (χ0v) is 30.3. The highest BCUT2D eigenvalue weighted by atomic mass is 15.1. The number of hydrogen-bond acceptors (Lipinski definition) is 2. The van der Waals surface area contributed by atoms with Crippen molar-refractivity contribution in [3.63, 3.8) is 0 Å². The lowest BCUT2D eigenvalue weighted by Crippen LogP contribution is -2.03. The second-order valence-corrected chi connectivity index (χ2v) is 14.7.